The van der Waals surface area contributed by atoms with Crippen LogP contribution in [0.4, 0.5) is 0 Å². The Morgan fingerprint density at radius 2 is 1.92 bits per heavy atom. The van der Waals surface area contributed by atoms with Crippen LogP contribution in [0.25, 0.3) is 11.4 Å². The number of methoxy groups -OCH3 is 1. The molecule has 2 aromatic rings. The van der Waals surface area contributed by atoms with Crippen LogP contribution in [0.1, 0.15) is 25.8 Å². The molecule has 1 aromatic heterocycles. The van der Waals surface area contributed by atoms with E-state index in [4.69, 9.17) is 9.84 Å². The number of rotatable bonds is 8. The first-order valence-corrected chi connectivity index (χ1v) is 7.82. The van der Waals surface area contributed by atoms with Crippen molar-refractivity contribution in [1.82, 2.24) is 15.3 Å². The first-order chi connectivity index (χ1) is 11.4. The summed E-state index contributed by atoms with van der Waals surface area (Å²) in [6.45, 7) is 4.67. The third-order valence-electron chi connectivity index (χ3n) is 3.89. The Hall–Kier alpha value is -2.47. The highest BCUT2D eigenvalue weighted by Gasteiger charge is 2.26. The smallest absolute Gasteiger partial charge is 0.309 e. The molecule has 0 aliphatic carbocycles. The third kappa shape index (κ3) is 4.52. The van der Waals surface area contributed by atoms with Crippen LogP contribution in [0.15, 0.2) is 36.7 Å². The number of para-hydroxylation sites is 1. The lowest BCUT2D eigenvalue weighted by Gasteiger charge is -2.18. The summed E-state index contributed by atoms with van der Waals surface area (Å²) < 4.78 is 5.32. The van der Waals surface area contributed by atoms with Gasteiger partial charge in [0.2, 0.25) is 0 Å². The fourth-order valence-electron chi connectivity index (χ4n) is 2.16. The van der Waals surface area contributed by atoms with Crippen molar-refractivity contribution in [1.29, 1.82) is 0 Å². The van der Waals surface area contributed by atoms with Gasteiger partial charge >= 0.3 is 5.97 Å². The summed E-state index contributed by atoms with van der Waals surface area (Å²) in [4.78, 5) is 19.8. The van der Waals surface area contributed by atoms with Gasteiger partial charge in [-0.1, -0.05) is 12.1 Å². The van der Waals surface area contributed by atoms with Gasteiger partial charge in [0.05, 0.1) is 18.1 Å². The molecule has 6 heteroatoms. The Kier molecular flexibility index (Phi) is 5.87. The molecule has 24 heavy (non-hydrogen) atoms. The van der Waals surface area contributed by atoms with Gasteiger partial charge in [-0.2, -0.15) is 0 Å². The maximum absolute atomic E-state index is 11.1. The van der Waals surface area contributed by atoms with Gasteiger partial charge in [-0.15, -0.1) is 0 Å². The van der Waals surface area contributed by atoms with Crippen LogP contribution in [0, 0.1) is 5.41 Å². The Labute approximate surface area is 141 Å². The lowest BCUT2D eigenvalue weighted by molar-refractivity contribution is -0.147. The standard InChI is InChI=1S/C18H23N3O3/c1-18(2,17(22)23)8-9-19-10-13-11-20-16(21-12-13)14-6-4-5-7-15(14)24-3/h4-7,11-12,19H,8-10H2,1-3H3,(H,22,23). The van der Waals surface area contributed by atoms with Crippen molar-refractivity contribution in [2.45, 2.75) is 26.8 Å². The highest BCUT2D eigenvalue weighted by atomic mass is 16.5. The second kappa shape index (κ2) is 7.88. The molecule has 0 fully saturated rings. The molecule has 1 aromatic carbocycles. The highest BCUT2D eigenvalue weighted by molar-refractivity contribution is 5.73. The molecule has 2 rings (SSSR count). The van der Waals surface area contributed by atoms with Gasteiger partial charge in [0, 0.05) is 24.5 Å². The molecular weight excluding hydrogens is 306 g/mol. The molecule has 0 amide bonds. The van der Waals surface area contributed by atoms with Crippen molar-refractivity contribution in [3.05, 3.63) is 42.2 Å². The van der Waals surface area contributed by atoms with Crippen LogP contribution in [-0.2, 0) is 11.3 Å². The van der Waals surface area contributed by atoms with Gasteiger partial charge in [0.15, 0.2) is 5.82 Å². The second-order valence-corrected chi connectivity index (χ2v) is 6.23. The van der Waals surface area contributed by atoms with Crippen LogP contribution in [0.3, 0.4) is 0 Å². The number of aliphatic carboxylic acids is 1. The minimum absolute atomic E-state index is 0.558. The summed E-state index contributed by atoms with van der Waals surface area (Å²) in [5.41, 5.74) is 1.07. The molecule has 0 aliphatic rings. The zero-order chi connectivity index (χ0) is 17.6. The molecule has 0 saturated carbocycles. The molecule has 2 N–H and O–H groups in total. The Morgan fingerprint density at radius 1 is 1.25 bits per heavy atom. The summed E-state index contributed by atoms with van der Waals surface area (Å²) in [6.07, 6.45) is 4.09. The maximum atomic E-state index is 11.1. The van der Waals surface area contributed by atoms with Gasteiger partial charge in [-0.25, -0.2) is 9.97 Å². The molecule has 0 spiro atoms. The molecule has 0 bridgehead atoms. The van der Waals surface area contributed by atoms with Crippen molar-refractivity contribution in [2.75, 3.05) is 13.7 Å². The quantitative estimate of drug-likeness (QED) is 0.725. The van der Waals surface area contributed by atoms with Gasteiger partial charge in [0.1, 0.15) is 5.75 Å². The monoisotopic (exact) mass is 329 g/mol. The first-order valence-electron chi connectivity index (χ1n) is 7.82. The molecule has 128 valence electrons. The number of hydrogen-bond acceptors (Lipinski definition) is 5. The third-order valence-corrected chi connectivity index (χ3v) is 3.89. The zero-order valence-corrected chi connectivity index (χ0v) is 14.2. The molecule has 0 unspecified atom stereocenters. The zero-order valence-electron chi connectivity index (χ0n) is 14.2. The largest absolute Gasteiger partial charge is 0.496 e. The van der Waals surface area contributed by atoms with E-state index in [-0.39, 0.29) is 0 Å². The number of benzene rings is 1. The fraction of sp³-hybridized carbons (Fsp3) is 0.389. The number of aromatic nitrogens is 2. The van der Waals surface area contributed by atoms with Crippen LogP contribution in [0.5, 0.6) is 5.75 Å². The van der Waals surface area contributed by atoms with E-state index in [9.17, 15) is 4.79 Å². The molecular formula is C18H23N3O3. The SMILES string of the molecule is COc1ccccc1-c1ncc(CNCCC(C)(C)C(=O)O)cn1. The van der Waals surface area contributed by atoms with Crippen molar-refractivity contribution < 1.29 is 14.6 Å². The Bertz CT molecular complexity index is 684. The van der Waals surface area contributed by atoms with E-state index >= 15 is 0 Å². The Balaban J connectivity index is 1.92. The van der Waals surface area contributed by atoms with Gasteiger partial charge in [-0.05, 0) is 38.9 Å². The maximum Gasteiger partial charge on any atom is 0.309 e. The summed E-state index contributed by atoms with van der Waals surface area (Å²) in [5, 5.41) is 12.3. The van der Waals surface area contributed by atoms with E-state index in [0.29, 0.717) is 25.3 Å². The van der Waals surface area contributed by atoms with E-state index in [1.807, 2.05) is 24.3 Å². The van der Waals surface area contributed by atoms with E-state index in [2.05, 4.69) is 15.3 Å². The van der Waals surface area contributed by atoms with E-state index < -0.39 is 11.4 Å². The van der Waals surface area contributed by atoms with Crippen molar-refractivity contribution >= 4 is 5.97 Å². The van der Waals surface area contributed by atoms with Crippen molar-refractivity contribution in [3.63, 3.8) is 0 Å². The minimum Gasteiger partial charge on any atom is -0.496 e. The number of carboxylic acids is 1. The van der Waals surface area contributed by atoms with E-state index in [1.165, 1.54) is 0 Å². The molecule has 1 heterocycles. The molecule has 0 radical (unpaired) electrons. The number of carbonyl (C=O) groups is 1. The van der Waals surface area contributed by atoms with Crippen LogP contribution in [-0.4, -0.2) is 34.7 Å². The lowest BCUT2D eigenvalue weighted by Crippen LogP contribution is -2.28. The van der Waals surface area contributed by atoms with E-state index in [1.54, 1.807) is 33.4 Å². The van der Waals surface area contributed by atoms with Crippen molar-refractivity contribution in [3.8, 4) is 17.1 Å². The molecule has 0 aliphatic heterocycles. The summed E-state index contributed by atoms with van der Waals surface area (Å²) >= 11 is 0. The number of carboxylic acid groups (broad SMARTS) is 1. The lowest BCUT2D eigenvalue weighted by atomic mass is 9.90. The van der Waals surface area contributed by atoms with Gasteiger partial charge in [0.25, 0.3) is 0 Å². The second-order valence-electron chi connectivity index (χ2n) is 6.23. The summed E-state index contributed by atoms with van der Waals surface area (Å²) in [5.74, 6) is 0.566. The Morgan fingerprint density at radius 3 is 2.54 bits per heavy atom. The number of nitrogens with zero attached hydrogens (tertiary/aromatic N) is 2. The summed E-state index contributed by atoms with van der Waals surface area (Å²) in [6, 6.07) is 7.61. The number of ether oxygens (including phenoxy) is 1. The normalized spacial score (nSPS) is 11.3. The van der Waals surface area contributed by atoms with Gasteiger partial charge < -0.3 is 15.2 Å². The predicted octanol–water partition coefficient (Wildman–Crippen LogP) is 2.74. The number of hydrogen-bond donors (Lipinski definition) is 2. The van der Waals surface area contributed by atoms with Crippen LogP contribution >= 0.6 is 0 Å². The average molecular weight is 329 g/mol. The fourth-order valence-corrected chi connectivity index (χ4v) is 2.16. The topological polar surface area (TPSA) is 84.3 Å². The van der Waals surface area contributed by atoms with Gasteiger partial charge in [-0.3, -0.25) is 4.79 Å². The van der Waals surface area contributed by atoms with E-state index in [0.717, 1.165) is 16.9 Å². The predicted molar refractivity (Wildman–Crippen MR) is 91.8 cm³/mol. The summed E-state index contributed by atoms with van der Waals surface area (Å²) in [7, 11) is 1.62. The van der Waals surface area contributed by atoms with Crippen LogP contribution in [0.2, 0.25) is 0 Å². The van der Waals surface area contributed by atoms with Crippen molar-refractivity contribution in [2.24, 2.45) is 5.41 Å². The average Bonchev–Trinajstić information content (AvgIpc) is 2.59. The first kappa shape index (κ1) is 17.9. The molecule has 0 atom stereocenters. The molecule has 6 nitrogen and oxygen atoms in total. The van der Waals surface area contributed by atoms with Crippen LogP contribution < -0.4 is 10.1 Å². The highest BCUT2D eigenvalue weighted by Crippen LogP contribution is 2.26. The number of nitrogens with one attached hydrogen (secondary N) is 1. The minimum atomic E-state index is -0.784. The molecule has 0 saturated heterocycles.